The number of aromatic carboxylic acids is 1. The molecule has 4 heterocycles. The number of carbonyl (C=O) groups is 1. The number of aliphatic hydroxyl groups excluding tert-OH is 1. The lowest BCUT2D eigenvalue weighted by molar-refractivity contribution is -0.0444. The molecule has 0 amide bonds. The topological polar surface area (TPSA) is 103 Å². The van der Waals surface area contributed by atoms with Gasteiger partial charge in [-0.2, -0.15) is 0 Å². The Kier molecular flexibility index (Phi) is 7.31. The fourth-order valence-electron chi connectivity index (χ4n) is 5.87. The molecule has 2 unspecified atom stereocenters. The molecule has 4 aromatic rings. The summed E-state index contributed by atoms with van der Waals surface area (Å²) in [5, 5.41) is 31.9. The number of fused-ring (bicyclic) bond motifs is 5. The number of aliphatic hydroxyl groups is 1. The molecule has 0 radical (unpaired) electrons. The molecular weight excluding hydrogens is 480 g/mol. The summed E-state index contributed by atoms with van der Waals surface area (Å²) in [6.45, 7) is 6.07. The number of ether oxygens (including phenoxy) is 1. The van der Waals surface area contributed by atoms with E-state index in [0.717, 1.165) is 47.1 Å². The Balaban J connectivity index is 0.000000179. The third-order valence-electron chi connectivity index (χ3n) is 7.95. The highest BCUT2D eigenvalue weighted by atomic mass is 16.5. The maximum atomic E-state index is 11.2. The van der Waals surface area contributed by atoms with Gasteiger partial charge in [-0.05, 0) is 72.5 Å². The van der Waals surface area contributed by atoms with Gasteiger partial charge in [-0.3, -0.25) is 9.88 Å². The van der Waals surface area contributed by atoms with E-state index < -0.39 is 12.1 Å². The van der Waals surface area contributed by atoms with E-state index >= 15 is 0 Å². The zero-order valence-electron chi connectivity index (χ0n) is 21.3. The fraction of sp³-hybridized carbons (Fsp3) is 0.290. The predicted molar refractivity (Wildman–Crippen MR) is 148 cm³/mol. The third-order valence-corrected chi connectivity index (χ3v) is 7.95. The molecule has 3 aliphatic rings. The van der Waals surface area contributed by atoms with E-state index in [-0.39, 0.29) is 17.4 Å². The SMILES string of the molecule is C=C[C@@H]1CN2CCC1C[C@H]2[C@@H](O)c1ccnc2ccc(OC)cc12.O=C(O)c1ccc2ccccc2c1O. The first-order valence-corrected chi connectivity index (χ1v) is 12.8. The summed E-state index contributed by atoms with van der Waals surface area (Å²) in [6.07, 6.45) is 5.62. The highest BCUT2D eigenvalue weighted by Crippen LogP contribution is 2.42. The van der Waals surface area contributed by atoms with Crippen LogP contribution in [0.15, 0.2) is 79.5 Å². The van der Waals surface area contributed by atoms with Gasteiger partial charge in [0.15, 0.2) is 0 Å². The molecule has 38 heavy (non-hydrogen) atoms. The van der Waals surface area contributed by atoms with Crippen LogP contribution in [-0.4, -0.2) is 57.4 Å². The number of rotatable bonds is 5. The van der Waals surface area contributed by atoms with Gasteiger partial charge in [0, 0.05) is 29.6 Å². The summed E-state index contributed by atoms with van der Waals surface area (Å²) >= 11 is 0. The second kappa shape index (κ2) is 10.8. The average molecular weight is 513 g/mol. The quantitative estimate of drug-likeness (QED) is 0.307. The summed E-state index contributed by atoms with van der Waals surface area (Å²) in [5.41, 5.74) is 1.78. The number of nitrogens with zero attached hydrogens (tertiary/aromatic N) is 2. The van der Waals surface area contributed by atoms with Gasteiger partial charge < -0.3 is 20.1 Å². The van der Waals surface area contributed by atoms with Crippen LogP contribution in [0.1, 0.15) is 34.9 Å². The van der Waals surface area contributed by atoms with Gasteiger partial charge in [-0.25, -0.2) is 4.79 Å². The summed E-state index contributed by atoms with van der Waals surface area (Å²) in [7, 11) is 1.66. The van der Waals surface area contributed by atoms with E-state index in [9.17, 15) is 15.0 Å². The van der Waals surface area contributed by atoms with Gasteiger partial charge >= 0.3 is 5.97 Å². The molecule has 7 nitrogen and oxygen atoms in total. The van der Waals surface area contributed by atoms with E-state index in [1.807, 2.05) is 36.4 Å². The van der Waals surface area contributed by atoms with Crippen LogP contribution < -0.4 is 4.74 Å². The molecule has 1 aromatic heterocycles. The van der Waals surface area contributed by atoms with Crippen LogP contribution in [-0.2, 0) is 0 Å². The lowest BCUT2D eigenvalue weighted by Crippen LogP contribution is -2.54. The highest BCUT2D eigenvalue weighted by Gasteiger charge is 2.42. The fourth-order valence-corrected chi connectivity index (χ4v) is 5.87. The summed E-state index contributed by atoms with van der Waals surface area (Å²) in [5.74, 6) is 0.719. The molecule has 3 fully saturated rings. The van der Waals surface area contributed by atoms with Crippen molar-refractivity contribution in [2.75, 3.05) is 20.2 Å². The highest BCUT2D eigenvalue weighted by molar-refractivity contribution is 6.00. The van der Waals surface area contributed by atoms with Crippen LogP contribution >= 0.6 is 0 Å². The zero-order chi connectivity index (χ0) is 26.8. The standard InChI is InChI=1S/C20H24N2O2.C11H8O3/c1-3-13-12-22-9-7-14(13)10-19(22)20(23)16-6-8-21-18-5-4-15(24-2)11-17(16)18;12-10-8-4-2-1-3-7(8)5-6-9(10)11(13)14/h3-6,8,11,13-14,19-20,23H,1,7,9-10,12H2,2H3;1-6,12H,(H,13,14)/t13-,14?,19+,20+;/m1./s1. The molecule has 5 atom stereocenters. The minimum absolute atomic E-state index is 0.0660. The largest absolute Gasteiger partial charge is 0.506 e. The second-order valence-electron chi connectivity index (χ2n) is 9.96. The number of pyridine rings is 1. The number of hydrogen-bond acceptors (Lipinski definition) is 6. The molecule has 7 heteroatoms. The average Bonchev–Trinajstić information content (AvgIpc) is 2.96. The molecule has 2 bridgehead atoms. The number of methoxy groups -OCH3 is 1. The molecule has 3 aromatic carbocycles. The number of aromatic nitrogens is 1. The summed E-state index contributed by atoms with van der Waals surface area (Å²) in [4.78, 5) is 17.6. The van der Waals surface area contributed by atoms with Crippen LogP contribution in [0.25, 0.3) is 21.7 Å². The smallest absolute Gasteiger partial charge is 0.339 e. The van der Waals surface area contributed by atoms with Crippen molar-refractivity contribution in [3.8, 4) is 11.5 Å². The number of carboxylic acid groups (broad SMARTS) is 1. The molecule has 0 saturated carbocycles. The van der Waals surface area contributed by atoms with Crippen molar-refractivity contribution in [3.63, 3.8) is 0 Å². The van der Waals surface area contributed by atoms with E-state index in [1.165, 1.54) is 12.5 Å². The number of phenols is 1. The van der Waals surface area contributed by atoms with Gasteiger partial charge in [0.05, 0.1) is 18.7 Å². The van der Waals surface area contributed by atoms with E-state index in [2.05, 4.69) is 22.5 Å². The van der Waals surface area contributed by atoms with Gasteiger partial charge in [-0.15, -0.1) is 6.58 Å². The first-order chi connectivity index (χ1) is 18.4. The van der Waals surface area contributed by atoms with Crippen molar-refractivity contribution in [1.29, 1.82) is 0 Å². The Morgan fingerprint density at radius 2 is 1.97 bits per heavy atom. The zero-order valence-corrected chi connectivity index (χ0v) is 21.3. The maximum absolute atomic E-state index is 11.2. The van der Waals surface area contributed by atoms with Crippen LogP contribution in [0.5, 0.6) is 11.5 Å². The van der Waals surface area contributed by atoms with Crippen molar-refractivity contribution in [1.82, 2.24) is 9.88 Å². The molecule has 7 rings (SSSR count). The second-order valence-corrected chi connectivity index (χ2v) is 9.96. The molecule has 0 aliphatic carbocycles. The Hall–Kier alpha value is -3.94. The van der Waals surface area contributed by atoms with Crippen LogP contribution in [0, 0.1) is 11.8 Å². The number of carboxylic acids is 1. The number of hydrogen-bond donors (Lipinski definition) is 3. The van der Waals surface area contributed by atoms with Crippen molar-refractivity contribution in [2.24, 2.45) is 11.8 Å². The van der Waals surface area contributed by atoms with Crippen molar-refractivity contribution >= 4 is 27.6 Å². The van der Waals surface area contributed by atoms with Gasteiger partial charge in [0.1, 0.15) is 17.1 Å². The third kappa shape index (κ3) is 4.83. The van der Waals surface area contributed by atoms with Crippen LogP contribution in [0.4, 0.5) is 0 Å². The predicted octanol–water partition coefficient (Wildman–Crippen LogP) is 5.42. The van der Waals surface area contributed by atoms with Gasteiger partial charge in [0.25, 0.3) is 0 Å². The van der Waals surface area contributed by atoms with E-state index in [4.69, 9.17) is 9.84 Å². The first kappa shape index (κ1) is 25.7. The molecule has 3 aliphatic heterocycles. The normalized spacial score (nSPS) is 22.9. The van der Waals surface area contributed by atoms with E-state index in [1.54, 1.807) is 31.5 Å². The minimum atomic E-state index is -1.12. The maximum Gasteiger partial charge on any atom is 0.339 e. The lowest BCUT2D eigenvalue weighted by atomic mass is 9.73. The van der Waals surface area contributed by atoms with Crippen molar-refractivity contribution < 1.29 is 24.9 Å². The minimum Gasteiger partial charge on any atom is -0.506 e. The number of piperidine rings is 3. The van der Waals surface area contributed by atoms with Gasteiger partial charge in [-0.1, -0.05) is 36.4 Å². The van der Waals surface area contributed by atoms with Gasteiger partial charge in [0.2, 0.25) is 0 Å². The monoisotopic (exact) mass is 512 g/mol. The first-order valence-electron chi connectivity index (χ1n) is 12.8. The number of benzene rings is 3. The number of aromatic hydroxyl groups is 1. The molecular formula is C31H32N2O5. The Bertz CT molecular complexity index is 1490. The molecule has 0 spiro atoms. The lowest BCUT2D eigenvalue weighted by Gasteiger charge is -2.50. The summed E-state index contributed by atoms with van der Waals surface area (Å²) in [6, 6.07) is 18.1. The van der Waals surface area contributed by atoms with Crippen LogP contribution in [0.2, 0.25) is 0 Å². The Labute approximate surface area is 221 Å². The van der Waals surface area contributed by atoms with Crippen molar-refractivity contribution in [3.05, 3.63) is 90.6 Å². The molecule has 3 saturated heterocycles. The summed E-state index contributed by atoms with van der Waals surface area (Å²) < 4.78 is 5.35. The molecule has 196 valence electrons. The molecule has 3 N–H and O–H groups in total. The van der Waals surface area contributed by atoms with E-state index in [0.29, 0.717) is 17.2 Å². The van der Waals surface area contributed by atoms with Crippen LogP contribution in [0.3, 0.4) is 0 Å². The van der Waals surface area contributed by atoms with Crippen molar-refractivity contribution in [2.45, 2.75) is 25.0 Å². The Morgan fingerprint density at radius 3 is 2.68 bits per heavy atom. The Morgan fingerprint density at radius 1 is 1.16 bits per heavy atom.